The fraction of sp³-hybridized carbons (Fsp3) is 0.348. The highest BCUT2D eigenvalue weighted by atomic mass is 19.3. The molecule has 0 fully saturated rings. The normalized spacial score (nSPS) is 12.2. The highest BCUT2D eigenvalue weighted by Gasteiger charge is 2.35. The number of carbonyl (C=O) groups excluding carboxylic acids is 1. The zero-order valence-corrected chi connectivity index (χ0v) is 19.5. The van der Waals surface area contributed by atoms with Gasteiger partial charge in [0.25, 0.3) is 11.8 Å². The van der Waals surface area contributed by atoms with Crippen molar-refractivity contribution in [3.8, 4) is 5.69 Å². The van der Waals surface area contributed by atoms with Crippen LogP contribution in [0.15, 0.2) is 35.3 Å². The summed E-state index contributed by atoms with van der Waals surface area (Å²) in [6.45, 7) is 1.60. The molecule has 1 atom stereocenters. The molecular formula is C23H24F6N4O3. The van der Waals surface area contributed by atoms with E-state index in [1.54, 1.807) is 0 Å². The van der Waals surface area contributed by atoms with Crippen LogP contribution >= 0.6 is 0 Å². The van der Waals surface area contributed by atoms with Crippen molar-refractivity contribution in [2.45, 2.75) is 32.2 Å². The highest BCUT2D eigenvalue weighted by molar-refractivity contribution is 5.97. The third kappa shape index (κ3) is 5.45. The number of nitrogens with zero attached hydrogens (tertiary/aromatic N) is 3. The minimum Gasteiger partial charge on any atom is -0.395 e. The Bertz CT molecular complexity index is 1310. The lowest BCUT2D eigenvalue weighted by Crippen LogP contribution is -2.46. The molecule has 0 aliphatic heterocycles. The third-order valence-corrected chi connectivity index (χ3v) is 5.46. The molecular weight excluding hydrogens is 494 g/mol. The van der Waals surface area contributed by atoms with E-state index in [0.29, 0.717) is 6.92 Å². The summed E-state index contributed by atoms with van der Waals surface area (Å²) in [7, 11) is 1.40. The topological polar surface area (TPSA) is 87.5 Å². The van der Waals surface area contributed by atoms with Crippen LogP contribution in [-0.2, 0) is 0 Å². The predicted octanol–water partition coefficient (Wildman–Crippen LogP) is 3.55. The maximum atomic E-state index is 14.8. The summed E-state index contributed by atoms with van der Waals surface area (Å²) in [5, 5.41) is 10.7. The van der Waals surface area contributed by atoms with E-state index in [1.807, 2.05) is 0 Å². The number of aliphatic hydroxyl groups is 1. The average Bonchev–Trinajstić information content (AvgIpc) is 2.77. The van der Waals surface area contributed by atoms with Gasteiger partial charge in [0, 0.05) is 26.7 Å². The zero-order chi connectivity index (χ0) is 26.1. The van der Waals surface area contributed by atoms with Crippen molar-refractivity contribution in [2.24, 2.45) is 0 Å². The van der Waals surface area contributed by atoms with Crippen LogP contribution in [0.3, 0.4) is 0 Å². The summed E-state index contributed by atoms with van der Waals surface area (Å²) in [6.07, 6.45) is 0.610. The van der Waals surface area contributed by atoms with Crippen LogP contribution in [0.5, 0.6) is 0 Å². The Labute approximate surface area is 201 Å². The van der Waals surface area contributed by atoms with E-state index in [1.165, 1.54) is 18.9 Å². The standard InChI is InChI=1S/C23H23F5N4O3.FH/c1-4-17(23(2,27)28)29-22(35)13-11-32(18-14(24)6-5-7-15(18)25)20-12(19(13)34)10-16(26)21(30-20)31(3)8-9-33;/h5-7,10-11,17,33H,4,8-9H2,1-3H3,(H,29,35);1H/t17-;/m0./s1. The van der Waals surface area contributed by atoms with Crippen LogP contribution in [0.1, 0.15) is 30.6 Å². The molecule has 1 amide bonds. The van der Waals surface area contributed by atoms with Crippen LogP contribution in [-0.4, -0.2) is 52.7 Å². The Morgan fingerprint density at radius 3 is 2.36 bits per heavy atom. The average molecular weight is 518 g/mol. The van der Waals surface area contributed by atoms with Crippen molar-refractivity contribution in [3.63, 3.8) is 0 Å². The van der Waals surface area contributed by atoms with Gasteiger partial charge in [0.1, 0.15) is 22.9 Å². The molecule has 0 aliphatic carbocycles. The maximum absolute atomic E-state index is 14.8. The summed E-state index contributed by atoms with van der Waals surface area (Å²) in [4.78, 5) is 31.2. The summed E-state index contributed by atoms with van der Waals surface area (Å²) < 4.78 is 72.6. The Hall–Kier alpha value is -3.61. The SMILES string of the molecule is CC[C@H](NC(=O)c1cn(-c2c(F)cccc2F)c2nc(N(C)CCO)c(F)cc2c1=O)C(C)(F)F.F. The molecule has 3 rings (SSSR count). The number of amides is 1. The minimum atomic E-state index is -3.32. The Balaban J connectivity index is 0.00000456. The maximum Gasteiger partial charge on any atom is 0.265 e. The van der Waals surface area contributed by atoms with Crippen molar-refractivity contribution in [1.29, 1.82) is 0 Å². The molecule has 0 aliphatic rings. The number of carbonyl (C=O) groups is 1. The first-order valence-corrected chi connectivity index (χ1v) is 10.6. The Kier molecular flexibility index (Phi) is 8.73. The first-order valence-electron chi connectivity index (χ1n) is 10.6. The molecule has 0 saturated heterocycles. The van der Waals surface area contributed by atoms with Crippen molar-refractivity contribution in [1.82, 2.24) is 14.9 Å². The van der Waals surface area contributed by atoms with Crippen LogP contribution < -0.4 is 15.6 Å². The predicted molar refractivity (Wildman–Crippen MR) is 122 cm³/mol. The van der Waals surface area contributed by atoms with Gasteiger partial charge in [-0.2, -0.15) is 0 Å². The summed E-state index contributed by atoms with van der Waals surface area (Å²) in [5.41, 5.74) is -2.90. The smallest absolute Gasteiger partial charge is 0.265 e. The number of likely N-dealkylation sites (N-methyl/N-ethyl adjacent to an activating group) is 1. The second-order valence-corrected chi connectivity index (χ2v) is 8.01. The second kappa shape index (κ2) is 11.0. The van der Waals surface area contributed by atoms with Gasteiger partial charge in [-0.05, 0) is 24.6 Å². The monoisotopic (exact) mass is 518 g/mol. The largest absolute Gasteiger partial charge is 0.395 e. The first kappa shape index (κ1) is 28.6. The molecule has 0 spiro atoms. The fourth-order valence-corrected chi connectivity index (χ4v) is 3.61. The summed E-state index contributed by atoms with van der Waals surface area (Å²) in [5.74, 6) is -8.04. The van der Waals surface area contributed by atoms with Crippen molar-refractivity contribution in [3.05, 3.63) is 63.7 Å². The molecule has 3 aromatic rings. The van der Waals surface area contributed by atoms with E-state index in [2.05, 4.69) is 10.3 Å². The number of pyridine rings is 2. The van der Waals surface area contributed by atoms with Crippen LogP contribution in [0.25, 0.3) is 16.7 Å². The van der Waals surface area contributed by atoms with Crippen molar-refractivity contribution < 1.29 is 36.6 Å². The molecule has 1 aromatic carbocycles. The molecule has 2 heterocycles. The van der Waals surface area contributed by atoms with Gasteiger partial charge >= 0.3 is 0 Å². The molecule has 0 saturated carbocycles. The highest BCUT2D eigenvalue weighted by Crippen LogP contribution is 2.26. The Morgan fingerprint density at radius 2 is 1.83 bits per heavy atom. The van der Waals surface area contributed by atoms with Gasteiger partial charge in [0.15, 0.2) is 17.3 Å². The summed E-state index contributed by atoms with van der Waals surface area (Å²) in [6, 6.07) is 2.05. The minimum absolute atomic E-state index is 0. The van der Waals surface area contributed by atoms with Gasteiger partial charge in [-0.15, -0.1) is 0 Å². The second-order valence-electron chi connectivity index (χ2n) is 8.01. The number of para-hydroxylation sites is 1. The fourth-order valence-electron chi connectivity index (χ4n) is 3.61. The molecule has 36 heavy (non-hydrogen) atoms. The number of hydrogen-bond acceptors (Lipinski definition) is 5. The lowest BCUT2D eigenvalue weighted by atomic mass is 10.1. The molecule has 2 aromatic heterocycles. The quantitative estimate of drug-likeness (QED) is 0.446. The molecule has 2 N–H and O–H groups in total. The van der Waals surface area contributed by atoms with Gasteiger partial charge in [-0.25, -0.2) is 26.9 Å². The molecule has 13 heteroatoms. The number of hydrogen-bond donors (Lipinski definition) is 2. The molecule has 0 bridgehead atoms. The molecule has 196 valence electrons. The third-order valence-electron chi connectivity index (χ3n) is 5.46. The van der Waals surface area contributed by atoms with Crippen LogP contribution in [0.4, 0.5) is 32.5 Å². The number of nitrogens with one attached hydrogen (secondary N) is 1. The van der Waals surface area contributed by atoms with E-state index in [-0.39, 0.29) is 35.7 Å². The van der Waals surface area contributed by atoms with Crippen LogP contribution in [0.2, 0.25) is 0 Å². The van der Waals surface area contributed by atoms with Gasteiger partial charge in [-0.1, -0.05) is 13.0 Å². The van der Waals surface area contributed by atoms with Gasteiger partial charge in [0.2, 0.25) is 5.43 Å². The van der Waals surface area contributed by atoms with Gasteiger partial charge in [-0.3, -0.25) is 18.9 Å². The van der Waals surface area contributed by atoms with E-state index in [4.69, 9.17) is 5.11 Å². The number of rotatable bonds is 8. The molecule has 7 nitrogen and oxygen atoms in total. The van der Waals surface area contributed by atoms with Crippen molar-refractivity contribution in [2.75, 3.05) is 25.1 Å². The lowest BCUT2D eigenvalue weighted by molar-refractivity contribution is -0.0179. The van der Waals surface area contributed by atoms with E-state index in [0.717, 1.165) is 35.0 Å². The number of halogens is 6. The van der Waals surface area contributed by atoms with Gasteiger partial charge in [0.05, 0.1) is 18.0 Å². The number of alkyl halides is 2. The van der Waals surface area contributed by atoms with E-state index >= 15 is 0 Å². The lowest BCUT2D eigenvalue weighted by Gasteiger charge is -2.24. The molecule has 0 radical (unpaired) electrons. The first-order chi connectivity index (χ1) is 16.4. The summed E-state index contributed by atoms with van der Waals surface area (Å²) >= 11 is 0. The van der Waals surface area contributed by atoms with Crippen LogP contribution in [0, 0.1) is 17.5 Å². The number of aliphatic hydroxyl groups excluding tert-OH is 1. The number of aromatic nitrogens is 2. The van der Waals surface area contributed by atoms with Gasteiger partial charge < -0.3 is 15.3 Å². The van der Waals surface area contributed by atoms with E-state index in [9.17, 15) is 31.5 Å². The number of fused-ring (bicyclic) bond motifs is 1. The van der Waals surface area contributed by atoms with Crippen molar-refractivity contribution >= 4 is 22.8 Å². The number of anilines is 1. The Morgan fingerprint density at radius 1 is 1.22 bits per heavy atom. The zero-order valence-electron chi connectivity index (χ0n) is 19.5. The number of benzene rings is 1. The van der Waals surface area contributed by atoms with E-state index < -0.39 is 57.4 Å². The molecule has 0 unspecified atom stereocenters.